The fraction of sp³-hybridized carbons (Fsp3) is 0.571. The van der Waals surface area contributed by atoms with E-state index >= 15 is 0 Å². The van der Waals surface area contributed by atoms with Gasteiger partial charge >= 0.3 is 6.18 Å². The van der Waals surface area contributed by atoms with Gasteiger partial charge in [-0.1, -0.05) is 13.0 Å². The molecular formula is C14H19F4NO2. The Kier molecular flexibility index (Phi) is 6.91. The summed E-state index contributed by atoms with van der Waals surface area (Å²) in [5.41, 5.74) is 0.662. The average Bonchev–Trinajstić information content (AvgIpc) is 2.37. The zero-order valence-electron chi connectivity index (χ0n) is 12.0. The van der Waals surface area contributed by atoms with Gasteiger partial charge < -0.3 is 14.8 Å². The lowest BCUT2D eigenvalue weighted by Crippen LogP contribution is -2.36. The number of hydrogen-bond donors (Lipinski definition) is 1. The highest BCUT2D eigenvalue weighted by molar-refractivity contribution is 5.29. The van der Waals surface area contributed by atoms with Gasteiger partial charge in [-0.2, -0.15) is 13.2 Å². The predicted octanol–water partition coefficient (Wildman–Crippen LogP) is 2.93. The van der Waals surface area contributed by atoms with Crippen molar-refractivity contribution >= 4 is 0 Å². The van der Waals surface area contributed by atoms with E-state index in [1.54, 1.807) is 6.07 Å². The van der Waals surface area contributed by atoms with E-state index < -0.39 is 18.6 Å². The van der Waals surface area contributed by atoms with Crippen LogP contribution >= 0.6 is 0 Å². The molecule has 120 valence electrons. The van der Waals surface area contributed by atoms with Crippen molar-refractivity contribution in [2.75, 3.05) is 26.9 Å². The highest BCUT2D eigenvalue weighted by Gasteiger charge is 2.27. The monoisotopic (exact) mass is 309 g/mol. The maximum Gasteiger partial charge on any atom is 0.411 e. The second kappa shape index (κ2) is 8.19. The quantitative estimate of drug-likeness (QED) is 0.749. The minimum atomic E-state index is -4.34. The Morgan fingerprint density at radius 1 is 1.29 bits per heavy atom. The second-order valence-corrected chi connectivity index (χ2v) is 4.56. The molecule has 0 fully saturated rings. The third kappa shape index (κ3) is 6.77. The fourth-order valence-electron chi connectivity index (χ4n) is 1.92. The summed E-state index contributed by atoms with van der Waals surface area (Å²) in [4.78, 5) is 0. The molecule has 0 aliphatic carbocycles. The first-order valence-electron chi connectivity index (χ1n) is 6.56. The van der Waals surface area contributed by atoms with Crippen molar-refractivity contribution in [3.8, 4) is 5.75 Å². The summed E-state index contributed by atoms with van der Waals surface area (Å²) in [6, 6.07) is 4.16. The second-order valence-electron chi connectivity index (χ2n) is 4.56. The zero-order chi connectivity index (χ0) is 15.9. The van der Waals surface area contributed by atoms with Gasteiger partial charge in [0, 0.05) is 6.04 Å². The van der Waals surface area contributed by atoms with Gasteiger partial charge in [-0.05, 0) is 30.7 Å². The van der Waals surface area contributed by atoms with E-state index in [1.165, 1.54) is 19.2 Å². The molecule has 21 heavy (non-hydrogen) atoms. The van der Waals surface area contributed by atoms with E-state index in [-0.39, 0.29) is 18.4 Å². The molecule has 0 saturated carbocycles. The molecule has 1 unspecified atom stereocenters. The Morgan fingerprint density at radius 3 is 2.52 bits per heavy atom. The summed E-state index contributed by atoms with van der Waals surface area (Å²) in [6.07, 6.45) is -3.98. The third-order valence-corrected chi connectivity index (χ3v) is 2.78. The number of alkyl halides is 3. The lowest BCUT2D eigenvalue weighted by molar-refractivity contribution is -0.175. The van der Waals surface area contributed by atoms with Gasteiger partial charge in [0.15, 0.2) is 11.6 Å². The molecule has 1 rings (SSSR count). The van der Waals surface area contributed by atoms with E-state index in [2.05, 4.69) is 10.1 Å². The molecule has 0 heterocycles. The molecule has 0 spiro atoms. The summed E-state index contributed by atoms with van der Waals surface area (Å²) in [7, 11) is 1.37. The van der Waals surface area contributed by atoms with Crippen LogP contribution in [0.1, 0.15) is 12.5 Å². The molecule has 0 aliphatic heterocycles. The summed E-state index contributed by atoms with van der Waals surface area (Å²) in [5.74, 6) is -0.367. The van der Waals surface area contributed by atoms with Crippen LogP contribution in [0.2, 0.25) is 0 Å². The SMILES string of the molecule is CCNC(COCC(F)(F)F)Cc1ccc(OC)c(F)c1. The zero-order valence-corrected chi connectivity index (χ0v) is 12.0. The van der Waals surface area contributed by atoms with Gasteiger partial charge in [0.05, 0.1) is 13.7 Å². The molecule has 1 atom stereocenters. The molecule has 1 aromatic rings. The van der Waals surface area contributed by atoms with Crippen LogP contribution in [-0.4, -0.2) is 39.1 Å². The first kappa shape index (κ1) is 17.7. The molecule has 1 N–H and O–H groups in total. The highest BCUT2D eigenvalue weighted by atomic mass is 19.4. The van der Waals surface area contributed by atoms with Gasteiger partial charge in [0.1, 0.15) is 6.61 Å². The Balaban J connectivity index is 2.59. The van der Waals surface area contributed by atoms with Crippen LogP contribution in [0.3, 0.4) is 0 Å². The Labute approximate surface area is 121 Å². The molecule has 7 heteroatoms. The van der Waals surface area contributed by atoms with Crippen molar-refractivity contribution in [1.29, 1.82) is 0 Å². The lowest BCUT2D eigenvalue weighted by Gasteiger charge is -2.19. The van der Waals surface area contributed by atoms with Crippen LogP contribution in [-0.2, 0) is 11.2 Å². The van der Waals surface area contributed by atoms with Crippen LogP contribution in [0.4, 0.5) is 17.6 Å². The maximum atomic E-state index is 13.6. The number of hydrogen-bond acceptors (Lipinski definition) is 3. The average molecular weight is 309 g/mol. The maximum absolute atomic E-state index is 13.6. The largest absolute Gasteiger partial charge is 0.494 e. The first-order chi connectivity index (χ1) is 9.85. The van der Waals surface area contributed by atoms with Crippen LogP contribution < -0.4 is 10.1 Å². The normalized spacial score (nSPS) is 13.2. The summed E-state index contributed by atoms with van der Waals surface area (Å²) < 4.78 is 59.2. The standard InChI is InChI=1S/C14H19F4NO2/c1-3-19-11(8-21-9-14(16,17)18)6-10-4-5-13(20-2)12(15)7-10/h4-5,7,11,19H,3,6,8-9H2,1-2H3. The molecule has 0 amide bonds. The third-order valence-electron chi connectivity index (χ3n) is 2.78. The molecule has 0 bridgehead atoms. The molecule has 0 aliphatic rings. The van der Waals surface area contributed by atoms with Crippen molar-refractivity contribution in [3.05, 3.63) is 29.6 Å². The van der Waals surface area contributed by atoms with Crippen molar-refractivity contribution in [3.63, 3.8) is 0 Å². The van der Waals surface area contributed by atoms with Crippen LogP contribution in [0.25, 0.3) is 0 Å². The predicted molar refractivity (Wildman–Crippen MR) is 71.0 cm³/mol. The Hall–Kier alpha value is -1.34. The number of rotatable bonds is 8. The summed E-state index contributed by atoms with van der Waals surface area (Å²) in [6.45, 7) is 1.04. The Morgan fingerprint density at radius 2 is 2.00 bits per heavy atom. The topological polar surface area (TPSA) is 30.5 Å². The lowest BCUT2D eigenvalue weighted by atomic mass is 10.1. The van der Waals surface area contributed by atoms with E-state index in [9.17, 15) is 17.6 Å². The number of halogens is 4. The number of nitrogens with one attached hydrogen (secondary N) is 1. The van der Waals surface area contributed by atoms with Crippen molar-refractivity contribution in [2.24, 2.45) is 0 Å². The number of benzene rings is 1. The first-order valence-corrected chi connectivity index (χ1v) is 6.56. The van der Waals surface area contributed by atoms with E-state index in [0.717, 1.165) is 0 Å². The van der Waals surface area contributed by atoms with Gasteiger partial charge in [0.2, 0.25) is 0 Å². The molecular weight excluding hydrogens is 290 g/mol. The summed E-state index contributed by atoms with van der Waals surface area (Å²) in [5, 5.41) is 3.02. The highest BCUT2D eigenvalue weighted by Crippen LogP contribution is 2.19. The minimum absolute atomic E-state index is 0.0962. The van der Waals surface area contributed by atoms with Crippen LogP contribution in [0.15, 0.2) is 18.2 Å². The molecule has 0 radical (unpaired) electrons. The number of likely N-dealkylation sites (N-methyl/N-ethyl adjacent to an activating group) is 1. The molecule has 0 aromatic heterocycles. The molecule has 0 saturated heterocycles. The number of ether oxygens (including phenoxy) is 2. The van der Waals surface area contributed by atoms with Gasteiger partial charge in [-0.25, -0.2) is 4.39 Å². The van der Waals surface area contributed by atoms with Crippen molar-refractivity contribution in [1.82, 2.24) is 5.32 Å². The van der Waals surface area contributed by atoms with Crippen molar-refractivity contribution < 1.29 is 27.0 Å². The van der Waals surface area contributed by atoms with E-state index in [0.29, 0.717) is 18.5 Å². The Bertz CT molecular complexity index is 437. The summed E-state index contributed by atoms with van der Waals surface area (Å²) >= 11 is 0. The van der Waals surface area contributed by atoms with Gasteiger partial charge in [-0.15, -0.1) is 0 Å². The molecule has 3 nitrogen and oxygen atoms in total. The minimum Gasteiger partial charge on any atom is -0.494 e. The number of methoxy groups -OCH3 is 1. The molecule has 1 aromatic carbocycles. The van der Waals surface area contributed by atoms with E-state index in [4.69, 9.17) is 4.74 Å². The van der Waals surface area contributed by atoms with Gasteiger partial charge in [-0.3, -0.25) is 0 Å². The van der Waals surface area contributed by atoms with Crippen molar-refractivity contribution in [2.45, 2.75) is 25.6 Å². The smallest absolute Gasteiger partial charge is 0.411 e. The van der Waals surface area contributed by atoms with Gasteiger partial charge in [0.25, 0.3) is 0 Å². The fourth-order valence-corrected chi connectivity index (χ4v) is 1.92. The van der Waals surface area contributed by atoms with Crippen LogP contribution in [0.5, 0.6) is 5.75 Å². The van der Waals surface area contributed by atoms with E-state index in [1.807, 2.05) is 6.92 Å². The van der Waals surface area contributed by atoms with Crippen LogP contribution in [0, 0.1) is 5.82 Å².